The van der Waals surface area contributed by atoms with Gasteiger partial charge in [0.15, 0.2) is 0 Å². The van der Waals surface area contributed by atoms with Gasteiger partial charge in [-0.3, -0.25) is 4.90 Å². The maximum Gasteiger partial charge on any atom is 0.401 e. The highest BCUT2D eigenvalue weighted by molar-refractivity contribution is 4.78. The number of rotatable bonds is 5. The van der Waals surface area contributed by atoms with Crippen molar-refractivity contribution < 1.29 is 18.3 Å². The molecule has 0 aliphatic carbocycles. The second-order valence-corrected chi connectivity index (χ2v) is 4.10. The number of aliphatic hydroxyl groups is 1. The Morgan fingerprint density at radius 2 is 1.67 bits per heavy atom. The van der Waals surface area contributed by atoms with Crippen LogP contribution in [0.5, 0.6) is 0 Å². The molecule has 0 aromatic rings. The summed E-state index contributed by atoms with van der Waals surface area (Å²) in [5, 5.41) is 9.53. The summed E-state index contributed by atoms with van der Waals surface area (Å²) >= 11 is 0. The van der Waals surface area contributed by atoms with Crippen LogP contribution in [0.3, 0.4) is 0 Å². The zero-order valence-corrected chi connectivity index (χ0v) is 9.67. The molecule has 2 unspecified atom stereocenters. The molecule has 1 N–H and O–H groups in total. The van der Waals surface area contributed by atoms with Gasteiger partial charge in [-0.05, 0) is 27.2 Å². The van der Waals surface area contributed by atoms with Crippen molar-refractivity contribution in [1.29, 1.82) is 0 Å². The topological polar surface area (TPSA) is 23.5 Å². The predicted octanol–water partition coefficient (Wildman–Crippen LogP) is 2.42. The highest BCUT2D eigenvalue weighted by Gasteiger charge is 2.35. The lowest BCUT2D eigenvalue weighted by molar-refractivity contribution is -0.159. The van der Waals surface area contributed by atoms with E-state index in [2.05, 4.69) is 0 Å². The van der Waals surface area contributed by atoms with E-state index in [0.29, 0.717) is 6.42 Å². The normalized spacial score (nSPS) is 17.2. The summed E-state index contributed by atoms with van der Waals surface area (Å²) < 4.78 is 36.8. The van der Waals surface area contributed by atoms with Gasteiger partial charge in [-0.25, -0.2) is 0 Å². The number of hydrogen-bond acceptors (Lipinski definition) is 2. The van der Waals surface area contributed by atoms with E-state index >= 15 is 0 Å². The van der Waals surface area contributed by atoms with Gasteiger partial charge in [-0.1, -0.05) is 6.92 Å². The molecule has 0 aromatic heterocycles. The standard InChI is InChI=1S/C10H20F3NO/c1-5-9(15)8(4)14(7(2)3)6-10(11,12)13/h7-9,15H,5-6H2,1-4H3. The van der Waals surface area contributed by atoms with Crippen LogP contribution in [0.1, 0.15) is 34.1 Å². The summed E-state index contributed by atoms with van der Waals surface area (Å²) in [7, 11) is 0. The third-order valence-corrected chi connectivity index (χ3v) is 2.52. The Bertz CT molecular complexity index is 182. The van der Waals surface area contributed by atoms with E-state index in [1.807, 2.05) is 0 Å². The Labute approximate surface area is 89.1 Å². The van der Waals surface area contributed by atoms with E-state index < -0.39 is 24.9 Å². The quantitative estimate of drug-likeness (QED) is 0.779. The predicted molar refractivity (Wildman–Crippen MR) is 53.7 cm³/mol. The molecule has 0 heterocycles. The van der Waals surface area contributed by atoms with Crippen LogP contribution in [0.2, 0.25) is 0 Å². The van der Waals surface area contributed by atoms with E-state index in [9.17, 15) is 18.3 Å². The Kier molecular flexibility index (Phi) is 5.59. The molecule has 0 aliphatic rings. The third kappa shape index (κ3) is 5.37. The summed E-state index contributed by atoms with van der Waals surface area (Å²) in [5.74, 6) is 0. The van der Waals surface area contributed by atoms with Crippen molar-refractivity contribution in [3.63, 3.8) is 0 Å². The highest BCUT2D eigenvalue weighted by atomic mass is 19.4. The van der Waals surface area contributed by atoms with Gasteiger partial charge < -0.3 is 5.11 Å². The van der Waals surface area contributed by atoms with Gasteiger partial charge in [-0.2, -0.15) is 13.2 Å². The first-order valence-corrected chi connectivity index (χ1v) is 5.19. The molecule has 0 amide bonds. The minimum absolute atomic E-state index is 0.233. The maximum absolute atomic E-state index is 12.3. The smallest absolute Gasteiger partial charge is 0.392 e. The first-order chi connectivity index (χ1) is 6.69. The molecule has 0 aliphatic heterocycles. The number of halogens is 3. The van der Waals surface area contributed by atoms with E-state index in [1.54, 1.807) is 27.7 Å². The Morgan fingerprint density at radius 3 is 1.93 bits per heavy atom. The lowest BCUT2D eigenvalue weighted by Crippen LogP contribution is -2.49. The summed E-state index contributed by atoms with van der Waals surface area (Å²) in [6, 6.07) is -0.709. The molecule has 2 atom stereocenters. The monoisotopic (exact) mass is 227 g/mol. The zero-order valence-electron chi connectivity index (χ0n) is 9.67. The van der Waals surface area contributed by atoms with E-state index in [0.717, 1.165) is 0 Å². The minimum atomic E-state index is -4.22. The Balaban J connectivity index is 4.52. The third-order valence-electron chi connectivity index (χ3n) is 2.52. The SMILES string of the molecule is CCC(O)C(C)N(CC(F)(F)F)C(C)C. The molecule has 0 saturated carbocycles. The van der Waals surface area contributed by atoms with Gasteiger partial charge in [0.05, 0.1) is 12.6 Å². The van der Waals surface area contributed by atoms with E-state index in [-0.39, 0.29) is 6.04 Å². The maximum atomic E-state index is 12.3. The van der Waals surface area contributed by atoms with Crippen molar-refractivity contribution in [3.8, 4) is 0 Å². The molecule has 2 nitrogen and oxygen atoms in total. The van der Waals surface area contributed by atoms with E-state index in [4.69, 9.17) is 0 Å². The van der Waals surface area contributed by atoms with Gasteiger partial charge in [0.25, 0.3) is 0 Å². The van der Waals surface area contributed by atoms with Crippen molar-refractivity contribution in [2.45, 2.75) is 58.5 Å². The van der Waals surface area contributed by atoms with Crippen molar-refractivity contribution in [1.82, 2.24) is 4.90 Å². The van der Waals surface area contributed by atoms with Crippen molar-refractivity contribution in [2.75, 3.05) is 6.54 Å². The van der Waals surface area contributed by atoms with Crippen LogP contribution in [0.25, 0.3) is 0 Å². The van der Waals surface area contributed by atoms with Crippen LogP contribution in [-0.2, 0) is 0 Å². The summed E-state index contributed by atoms with van der Waals surface area (Å²) in [4.78, 5) is 1.27. The summed E-state index contributed by atoms with van der Waals surface area (Å²) in [6.07, 6.45) is -4.47. The van der Waals surface area contributed by atoms with Crippen molar-refractivity contribution in [2.24, 2.45) is 0 Å². The van der Waals surface area contributed by atoms with Crippen LogP contribution in [0.4, 0.5) is 13.2 Å². The summed E-state index contributed by atoms with van der Waals surface area (Å²) in [5.41, 5.74) is 0. The largest absolute Gasteiger partial charge is 0.401 e. The first-order valence-electron chi connectivity index (χ1n) is 5.19. The molecule has 92 valence electrons. The van der Waals surface area contributed by atoms with Gasteiger partial charge >= 0.3 is 6.18 Å². The molecular weight excluding hydrogens is 207 g/mol. The molecule has 0 radical (unpaired) electrons. The second kappa shape index (κ2) is 5.70. The molecule has 0 spiro atoms. The van der Waals surface area contributed by atoms with Gasteiger partial charge in [0, 0.05) is 12.1 Å². The highest BCUT2D eigenvalue weighted by Crippen LogP contribution is 2.21. The fourth-order valence-electron chi connectivity index (χ4n) is 1.57. The Hall–Kier alpha value is -0.290. The number of nitrogens with zero attached hydrogens (tertiary/aromatic N) is 1. The fraction of sp³-hybridized carbons (Fsp3) is 1.00. The molecule has 0 saturated heterocycles. The number of alkyl halides is 3. The van der Waals surface area contributed by atoms with E-state index in [1.165, 1.54) is 4.90 Å². The van der Waals surface area contributed by atoms with Gasteiger partial charge in [0.1, 0.15) is 0 Å². The van der Waals surface area contributed by atoms with Crippen LogP contribution in [0.15, 0.2) is 0 Å². The summed E-state index contributed by atoms with van der Waals surface area (Å²) in [6.45, 7) is 5.81. The lowest BCUT2D eigenvalue weighted by atomic mass is 10.1. The second-order valence-electron chi connectivity index (χ2n) is 4.10. The minimum Gasteiger partial charge on any atom is -0.392 e. The average molecular weight is 227 g/mol. The van der Waals surface area contributed by atoms with Crippen molar-refractivity contribution >= 4 is 0 Å². The number of aliphatic hydroxyl groups excluding tert-OH is 1. The molecule has 15 heavy (non-hydrogen) atoms. The number of hydrogen-bond donors (Lipinski definition) is 1. The first kappa shape index (κ1) is 14.7. The molecular formula is C10H20F3NO. The van der Waals surface area contributed by atoms with Crippen LogP contribution < -0.4 is 0 Å². The Morgan fingerprint density at radius 1 is 1.20 bits per heavy atom. The molecule has 0 rings (SSSR count). The zero-order chi connectivity index (χ0) is 12.2. The molecule has 0 bridgehead atoms. The van der Waals surface area contributed by atoms with Crippen LogP contribution in [0, 0.1) is 0 Å². The fourth-order valence-corrected chi connectivity index (χ4v) is 1.57. The van der Waals surface area contributed by atoms with Crippen LogP contribution >= 0.6 is 0 Å². The lowest BCUT2D eigenvalue weighted by Gasteiger charge is -2.35. The van der Waals surface area contributed by atoms with Gasteiger partial charge in [0.2, 0.25) is 0 Å². The molecule has 0 fully saturated rings. The average Bonchev–Trinajstić information content (AvgIpc) is 2.10. The van der Waals surface area contributed by atoms with Crippen LogP contribution in [-0.4, -0.2) is 40.9 Å². The van der Waals surface area contributed by atoms with Gasteiger partial charge in [-0.15, -0.1) is 0 Å². The molecule has 5 heteroatoms. The van der Waals surface area contributed by atoms with Crippen molar-refractivity contribution in [3.05, 3.63) is 0 Å². The molecule has 0 aromatic carbocycles.